The van der Waals surface area contributed by atoms with Gasteiger partial charge in [0, 0.05) is 22.8 Å². The molecule has 0 aliphatic rings. The van der Waals surface area contributed by atoms with Crippen LogP contribution in [0.25, 0.3) is 10.4 Å². The minimum atomic E-state index is -1.10. The zero-order valence-corrected chi connectivity index (χ0v) is 26.3. The molecule has 4 rings (SSSR count). The topological polar surface area (TPSA) is 148 Å². The van der Waals surface area contributed by atoms with Gasteiger partial charge in [-0.1, -0.05) is 89.2 Å². The molecule has 0 aliphatic carbocycles. The molecule has 4 aromatic rings. The molecular formula is C30H28N2O9S3. The normalized spacial score (nSPS) is 11.1. The second kappa shape index (κ2) is 16.4. The summed E-state index contributed by atoms with van der Waals surface area (Å²) in [6, 6.07) is 23.3. The highest BCUT2D eigenvalue weighted by atomic mass is 32.9. The van der Waals surface area contributed by atoms with Gasteiger partial charge in [-0.05, 0) is 60.0 Å². The minimum Gasteiger partial charge on any atom is -0.423 e. The number of hydrogen-bond acceptors (Lipinski definition) is 12. The summed E-state index contributed by atoms with van der Waals surface area (Å²) in [7, 11) is 3.24. The van der Waals surface area contributed by atoms with Crippen LogP contribution in [0.4, 0.5) is 0 Å². The number of Topliss-reactive ketones (excluding diaryl/α,β-unsaturated/α-hetero) is 1. The third-order valence-electron chi connectivity index (χ3n) is 6.00. The fourth-order valence-electron chi connectivity index (χ4n) is 3.82. The van der Waals surface area contributed by atoms with E-state index in [1.165, 1.54) is 0 Å². The van der Waals surface area contributed by atoms with Gasteiger partial charge in [0.05, 0.1) is 5.56 Å². The Balaban J connectivity index is 0.000000240. The number of esters is 1. The van der Waals surface area contributed by atoms with Crippen molar-refractivity contribution in [2.75, 3.05) is 6.61 Å². The largest absolute Gasteiger partial charge is 0.423 e. The Hall–Kier alpha value is -4.53. The Morgan fingerprint density at radius 1 is 0.909 bits per heavy atom. The molecule has 0 amide bonds. The molecule has 0 aliphatic heterocycles. The fraction of sp³-hybridized carbons (Fsp3) is 0.233. The zero-order chi connectivity index (χ0) is 32.2. The summed E-state index contributed by atoms with van der Waals surface area (Å²) in [5, 5.41) is 18.5. The van der Waals surface area contributed by atoms with Gasteiger partial charge in [0.1, 0.15) is 22.3 Å². The quantitative estimate of drug-likeness (QED) is 0.0284. The number of benzene rings is 3. The number of carbonyl (C=O) groups is 2. The fourth-order valence-corrected chi connectivity index (χ4v) is 6.22. The van der Waals surface area contributed by atoms with Gasteiger partial charge in [-0.15, -0.1) is 20.2 Å². The predicted octanol–water partition coefficient (Wildman–Crippen LogP) is 7.59. The second-order valence-corrected chi connectivity index (χ2v) is 12.5. The van der Waals surface area contributed by atoms with Crippen LogP contribution in [0.1, 0.15) is 45.7 Å². The summed E-state index contributed by atoms with van der Waals surface area (Å²) in [6.07, 6.45) is -1.06. The smallest absolute Gasteiger partial charge is 0.343 e. The first-order valence-corrected chi connectivity index (χ1v) is 15.7. The van der Waals surface area contributed by atoms with Crippen molar-refractivity contribution >= 4 is 44.7 Å². The predicted molar refractivity (Wildman–Crippen MR) is 169 cm³/mol. The summed E-state index contributed by atoms with van der Waals surface area (Å²) in [5.41, 5.74) is 3.74. The highest BCUT2D eigenvalue weighted by Crippen LogP contribution is 2.30. The molecule has 0 N–H and O–H groups in total. The minimum absolute atomic E-state index is 0.0127. The van der Waals surface area contributed by atoms with E-state index in [1.807, 2.05) is 43.3 Å². The third-order valence-corrected chi connectivity index (χ3v) is 8.91. The lowest BCUT2D eigenvalue weighted by Gasteiger charge is -2.14. The van der Waals surface area contributed by atoms with E-state index in [2.05, 4.69) is 9.68 Å². The van der Waals surface area contributed by atoms with Crippen molar-refractivity contribution in [3.63, 3.8) is 0 Å². The van der Waals surface area contributed by atoms with E-state index in [1.54, 1.807) is 77.0 Å². The van der Waals surface area contributed by atoms with Crippen LogP contribution >= 0.6 is 32.9 Å². The first kappa shape index (κ1) is 34.0. The molecule has 0 spiro atoms. The summed E-state index contributed by atoms with van der Waals surface area (Å²) in [4.78, 5) is 54.1. The van der Waals surface area contributed by atoms with E-state index in [0.717, 1.165) is 19.8 Å². The molecule has 44 heavy (non-hydrogen) atoms. The Morgan fingerprint density at radius 2 is 1.57 bits per heavy atom. The molecule has 11 nitrogen and oxygen atoms in total. The molecule has 1 atom stereocenters. The summed E-state index contributed by atoms with van der Waals surface area (Å²) in [6.45, 7) is 4.91. The van der Waals surface area contributed by atoms with Gasteiger partial charge in [-0.25, -0.2) is 4.79 Å². The first-order valence-electron chi connectivity index (χ1n) is 13.1. The second-order valence-electron chi connectivity index (χ2n) is 9.61. The van der Waals surface area contributed by atoms with E-state index in [9.17, 15) is 29.8 Å². The van der Waals surface area contributed by atoms with Gasteiger partial charge in [-0.3, -0.25) is 4.79 Å². The van der Waals surface area contributed by atoms with Gasteiger partial charge in [0.2, 0.25) is 0 Å². The molecule has 1 heterocycles. The van der Waals surface area contributed by atoms with Gasteiger partial charge >= 0.3 is 5.97 Å². The summed E-state index contributed by atoms with van der Waals surface area (Å²) >= 11 is 5.14. The van der Waals surface area contributed by atoms with Crippen molar-refractivity contribution in [3.05, 3.63) is 125 Å². The van der Waals surface area contributed by atoms with Crippen molar-refractivity contribution in [2.45, 2.75) is 33.3 Å². The molecule has 3 aromatic carbocycles. The maximum atomic E-state index is 12.2. The number of nitrogens with zero attached hydrogens (tertiary/aromatic N) is 2. The Labute approximate surface area is 265 Å². The number of ether oxygens (including phenoxy) is 1. The van der Waals surface area contributed by atoms with E-state index < -0.39 is 22.9 Å². The molecule has 0 saturated heterocycles. The monoisotopic (exact) mass is 656 g/mol. The number of ketones is 1. The highest BCUT2D eigenvalue weighted by Gasteiger charge is 2.17. The molecule has 230 valence electrons. The summed E-state index contributed by atoms with van der Waals surface area (Å²) in [5.74, 6) is 0.0547. The lowest BCUT2D eigenvalue weighted by atomic mass is 9.99. The maximum Gasteiger partial charge on any atom is 0.343 e. The van der Waals surface area contributed by atoms with Crippen LogP contribution in [-0.4, -0.2) is 34.6 Å². The molecular weight excluding hydrogens is 629 g/mol. The van der Waals surface area contributed by atoms with Crippen molar-refractivity contribution < 1.29 is 34.2 Å². The molecule has 0 radical (unpaired) electrons. The average Bonchev–Trinajstić information content (AvgIpc) is 3.42. The molecule has 0 bridgehead atoms. The lowest BCUT2D eigenvalue weighted by molar-refractivity contribution is -0.789. The van der Waals surface area contributed by atoms with Crippen molar-refractivity contribution in [3.8, 4) is 16.2 Å². The first-order chi connectivity index (χ1) is 20.9. The van der Waals surface area contributed by atoms with Crippen LogP contribution in [0, 0.1) is 36.9 Å². The van der Waals surface area contributed by atoms with Gasteiger partial charge < -0.3 is 14.4 Å². The molecule has 14 heteroatoms. The average molecular weight is 657 g/mol. The van der Waals surface area contributed by atoms with Gasteiger partial charge in [0.15, 0.2) is 5.78 Å². The third kappa shape index (κ3) is 10.6. The van der Waals surface area contributed by atoms with Crippen LogP contribution in [0.3, 0.4) is 0 Å². The van der Waals surface area contributed by atoms with Crippen LogP contribution in [0.15, 0.2) is 78.9 Å². The zero-order valence-electron chi connectivity index (χ0n) is 23.9. The summed E-state index contributed by atoms with van der Waals surface area (Å²) < 4.78 is 6.31. The van der Waals surface area contributed by atoms with Gasteiger partial charge in [-0.2, -0.15) is 0 Å². The van der Waals surface area contributed by atoms with Crippen LogP contribution in [0.5, 0.6) is 5.75 Å². The number of carbonyl (C=O) groups excluding carboxylic acids is 2. The van der Waals surface area contributed by atoms with E-state index in [-0.39, 0.29) is 24.1 Å². The van der Waals surface area contributed by atoms with Crippen molar-refractivity contribution in [1.82, 2.24) is 0 Å². The highest BCUT2D eigenvalue weighted by molar-refractivity contribution is 7.80. The van der Waals surface area contributed by atoms with Crippen LogP contribution in [0.2, 0.25) is 0 Å². The molecule has 0 fully saturated rings. The van der Waals surface area contributed by atoms with Crippen LogP contribution < -0.4 is 4.74 Å². The Bertz CT molecular complexity index is 1650. The molecule has 1 aromatic heterocycles. The van der Waals surface area contributed by atoms with E-state index in [0.29, 0.717) is 22.4 Å². The van der Waals surface area contributed by atoms with E-state index in [4.69, 9.17) is 17.0 Å². The molecule has 0 saturated carbocycles. The molecule has 1 unspecified atom stereocenters. The number of hydrogen-bond donors (Lipinski definition) is 0. The maximum absolute atomic E-state index is 12.2. The SMILES string of the molecule is CC(C)C(=O)c1ccc(CC(CO[N+](=O)[O-])O[N+](=O)[O-])cc1.Cc1ccccc1C(=O)Oc1ccc(-c2cc(=S)ss2)cc1. The number of aryl methyl sites for hydroxylation is 1. The van der Waals surface area contributed by atoms with Crippen LogP contribution in [-0.2, 0) is 16.1 Å². The lowest BCUT2D eigenvalue weighted by Crippen LogP contribution is -2.26. The Kier molecular flexibility index (Phi) is 12.6. The standard InChI is InChI=1S/C17H12O2S3.C13H16N2O7/c1-11-4-2-3-5-14(11)17(18)19-13-8-6-12(7-9-13)15-10-16(20)22-21-15;1-9(2)13(16)11-5-3-10(4-6-11)7-12(22-15(19)20)8-21-14(17)18/h2-10H,1H3;3-6,9,12H,7-8H2,1-2H3. The van der Waals surface area contributed by atoms with Crippen molar-refractivity contribution in [2.24, 2.45) is 5.92 Å². The van der Waals surface area contributed by atoms with Crippen molar-refractivity contribution in [1.29, 1.82) is 0 Å². The van der Waals surface area contributed by atoms with Gasteiger partial charge in [0.25, 0.3) is 10.2 Å². The van der Waals surface area contributed by atoms with E-state index >= 15 is 0 Å². The Morgan fingerprint density at radius 3 is 2.11 bits per heavy atom. The number of rotatable bonds is 12.